The Hall–Kier alpha value is -4.40. The molecule has 3 aromatic carbocycles. The van der Waals surface area contributed by atoms with Gasteiger partial charge in [0.2, 0.25) is 0 Å². The van der Waals surface area contributed by atoms with Crippen LogP contribution in [0.4, 0.5) is 0 Å². The van der Waals surface area contributed by atoms with E-state index in [-0.39, 0.29) is 0 Å². The molecule has 0 aliphatic carbocycles. The van der Waals surface area contributed by atoms with Gasteiger partial charge in [-0.05, 0) is 52.5 Å². The van der Waals surface area contributed by atoms with Crippen molar-refractivity contribution in [2.24, 2.45) is 0 Å². The summed E-state index contributed by atoms with van der Waals surface area (Å²) < 4.78 is 11.7. The van der Waals surface area contributed by atoms with Gasteiger partial charge in [-0.25, -0.2) is 9.97 Å². The van der Waals surface area contributed by atoms with Gasteiger partial charge in [-0.15, -0.1) is 0 Å². The second-order valence-corrected chi connectivity index (χ2v) is 10.2. The molecule has 0 saturated heterocycles. The van der Waals surface area contributed by atoms with Crippen molar-refractivity contribution in [3.05, 3.63) is 85.0 Å². The van der Waals surface area contributed by atoms with E-state index in [0.29, 0.717) is 13.2 Å². The van der Waals surface area contributed by atoms with Crippen molar-refractivity contribution in [3.63, 3.8) is 0 Å². The number of imidazole rings is 2. The SMILES string of the molecule is CN(C)C/C=C\COc1ccc2nc(-c3ccc(-c4nc5ccc(OC/C=C\CN(C)C)cc5[nH]4)cc3)[nH]c2c1. The number of nitrogens with one attached hydrogen (secondary N) is 2. The van der Waals surface area contributed by atoms with Gasteiger partial charge in [0, 0.05) is 36.3 Å². The lowest BCUT2D eigenvalue weighted by Crippen LogP contribution is -2.10. The Morgan fingerprint density at radius 2 is 1.02 bits per heavy atom. The molecule has 5 aromatic rings. The third-order valence-corrected chi connectivity index (χ3v) is 6.31. The Morgan fingerprint density at radius 1 is 0.600 bits per heavy atom. The number of benzene rings is 3. The zero-order chi connectivity index (χ0) is 27.9. The first-order valence-electron chi connectivity index (χ1n) is 13.4. The highest BCUT2D eigenvalue weighted by molar-refractivity contribution is 5.82. The molecule has 0 fully saturated rings. The third-order valence-electron chi connectivity index (χ3n) is 6.31. The predicted molar refractivity (Wildman–Crippen MR) is 163 cm³/mol. The minimum Gasteiger partial charge on any atom is -0.489 e. The van der Waals surface area contributed by atoms with E-state index in [9.17, 15) is 0 Å². The van der Waals surface area contributed by atoms with E-state index in [1.165, 1.54) is 0 Å². The summed E-state index contributed by atoms with van der Waals surface area (Å²) in [4.78, 5) is 20.6. The molecular weight excluding hydrogens is 500 g/mol. The van der Waals surface area contributed by atoms with E-state index in [2.05, 4.69) is 56.2 Å². The van der Waals surface area contributed by atoms with Gasteiger partial charge in [0.1, 0.15) is 36.4 Å². The largest absolute Gasteiger partial charge is 0.489 e. The number of fused-ring (bicyclic) bond motifs is 2. The highest BCUT2D eigenvalue weighted by Gasteiger charge is 2.10. The predicted octanol–water partition coefficient (Wildman–Crippen LogP) is 5.77. The Labute approximate surface area is 235 Å². The molecule has 0 saturated carbocycles. The molecule has 0 radical (unpaired) electrons. The van der Waals surface area contributed by atoms with E-state index in [0.717, 1.165) is 69.4 Å². The minimum absolute atomic E-state index is 0.534. The highest BCUT2D eigenvalue weighted by atomic mass is 16.5. The summed E-state index contributed by atoms with van der Waals surface area (Å²) in [5.74, 6) is 3.25. The molecule has 0 aliphatic rings. The third kappa shape index (κ3) is 6.97. The van der Waals surface area contributed by atoms with Crippen molar-refractivity contribution >= 4 is 22.1 Å². The molecule has 0 unspecified atom stereocenters. The molecule has 2 heterocycles. The van der Waals surface area contributed by atoms with Gasteiger partial charge in [0.15, 0.2) is 0 Å². The van der Waals surface area contributed by atoms with Crippen molar-refractivity contribution in [2.75, 3.05) is 54.5 Å². The Kier molecular flexibility index (Phi) is 8.59. The number of aromatic nitrogens is 4. The molecule has 2 N–H and O–H groups in total. The van der Waals surface area contributed by atoms with Gasteiger partial charge in [-0.2, -0.15) is 0 Å². The fraction of sp³-hybridized carbons (Fsp3) is 0.250. The summed E-state index contributed by atoms with van der Waals surface area (Å²) in [5, 5.41) is 0. The quantitative estimate of drug-likeness (QED) is 0.197. The molecule has 0 bridgehead atoms. The van der Waals surface area contributed by atoms with Crippen molar-refractivity contribution in [2.45, 2.75) is 0 Å². The zero-order valence-electron chi connectivity index (χ0n) is 23.5. The molecule has 0 aliphatic heterocycles. The van der Waals surface area contributed by atoms with Crippen LogP contribution in [0.3, 0.4) is 0 Å². The van der Waals surface area contributed by atoms with Gasteiger partial charge in [-0.1, -0.05) is 48.6 Å². The maximum atomic E-state index is 5.87. The number of likely N-dealkylation sites (N-methyl/N-ethyl adjacent to an activating group) is 2. The Morgan fingerprint density at radius 3 is 1.43 bits per heavy atom. The second kappa shape index (κ2) is 12.6. The molecule has 0 atom stereocenters. The van der Waals surface area contributed by atoms with Crippen LogP contribution in [0.25, 0.3) is 44.8 Å². The van der Waals surface area contributed by atoms with E-state index in [4.69, 9.17) is 19.4 Å². The van der Waals surface area contributed by atoms with Crippen LogP contribution in [-0.2, 0) is 0 Å². The van der Waals surface area contributed by atoms with Gasteiger partial charge >= 0.3 is 0 Å². The van der Waals surface area contributed by atoms with Crippen LogP contribution in [0.2, 0.25) is 0 Å². The van der Waals surface area contributed by atoms with E-state index >= 15 is 0 Å². The highest BCUT2D eigenvalue weighted by Crippen LogP contribution is 2.28. The number of nitrogens with zero attached hydrogens (tertiary/aromatic N) is 4. The zero-order valence-corrected chi connectivity index (χ0v) is 23.5. The molecule has 40 heavy (non-hydrogen) atoms. The van der Waals surface area contributed by atoms with Crippen molar-refractivity contribution in [1.29, 1.82) is 0 Å². The molecule has 206 valence electrons. The lowest BCUT2D eigenvalue weighted by atomic mass is 10.1. The molecule has 0 amide bonds. The number of rotatable bonds is 12. The van der Waals surface area contributed by atoms with Crippen LogP contribution in [-0.4, -0.2) is 84.2 Å². The van der Waals surface area contributed by atoms with Crippen LogP contribution < -0.4 is 9.47 Å². The first-order valence-corrected chi connectivity index (χ1v) is 13.4. The van der Waals surface area contributed by atoms with Crippen LogP contribution in [0.1, 0.15) is 0 Å². The molecule has 0 spiro atoms. The summed E-state index contributed by atoms with van der Waals surface area (Å²) >= 11 is 0. The lowest BCUT2D eigenvalue weighted by molar-refractivity contribution is 0.361. The Bertz CT molecular complexity index is 1490. The van der Waals surface area contributed by atoms with Crippen LogP contribution in [0, 0.1) is 0 Å². The standard InChI is InChI=1S/C32H36N6O2/c1-37(2)17-5-7-19-39-25-13-15-27-29(21-25)35-31(33-27)23-9-11-24(12-10-23)32-34-28-16-14-26(22-30(28)36-32)40-20-8-6-18-38(3)4/h5-16,21-22H,17-20H2,1-4H3,(H,33,35)(H,34,36)/b7-5-,8-6-. The van der Waals surface area contributed by atoms with Crippen LogP contribution in [0.15, 0.2) is 85.0 Å². The summed E-state index contributed by atoms with van der Waals surface area (Å²) in [6, 6.07) is 20.1. The smallest absolute Gasteiger partial charge is 0.138 e. The number of hydrogen-bond acceptors (Lipinski definition) is 6. The number of aromatic amines is 2. The Balaban J connectivity index is 1.24. The molecule has 8 nitrogen and oxygen atoms in total. The van der Waals surface area contributed by atoms with Crippen molar-refractivity contribution in [3.8, 4) is 34.3 Å². The van der Waals surface area contributed by atoms with Gasteiger partial charge in [0.05, 0.1) is 22.1 Å². The van der Waals surface area contributed by atoms with Crippen LogP contribution in [0.5, 0.6) is 11.5 Å². The second-order valence-electron chi connectivity index (χ2n) is 10.2. The van der Waals surface area contributed by atoms with Gasteiger partial charge < -0.3 is 29.2 Å². The summed E-state index contributed by atoms with van der Waals surface area (Å²) in [6.07, 6.45) is 8.26. The van der Waals surface area contributed by atoms with Gasteiger partial charge in [0.25, 0.3) is 0 Å². The fourth-order valence-corrected chi connectivity index (χ4v) is 4.21. The van der Waals surface area contributed by atoms with Gasteiger partial charge in [-0.3, -0.25) is 0 Å². The normalized spacial score (nSPS) is 12.2. The van der Waals surface area contributed by atoms with E-state index < -0.39 is 0 Å². The average Bonchev–Trinajstić information content (AvgIpc) is 3.56. The maximum absolute atomic E-state index is 5.87. The fourth-order valence-electron chi connectivity index (χ4n) is 4.21. The monoisotopic (exact) mass is 536 g/mol. The van der Waals surface area contributed by atoms with Crippen LogP contribution >= 0.6 is 0 Å². The number of H-pyrrole nitrogens is 2. The first kappa shape index (κ1) is 27.2. The molecule has 8 heteroatoms. The topological polar surface area (TPSA) is 82.3 Å². The summed E-state index contributed by atoms with van der Waals surface area (Å²) in [5.41, 5.74) is 5.69. The molecule has 5 rings (SSSR count). The first-order chi connectivity index (χ1) is 19.4. The van der Waals surface area contributed by atoms with Crippen molar-refractivity contribution in [1.82, 2.24) is 29.7 Å². The minimum atomic E-state index is 0.534. The summed E-state index contributed by atoms with van der Waals surface area (Å²) in [7, 11) is 8.17. The maximum Gasteiger partial charge on any atom is 0.138 e. The number of ether oxygens (including phenoxy) is 2. The lowest BCUT2D eigenvalue weighted by Gasteiger charge is -2.05. The molecular formula is C32H36N6O2. The van der Waals surface area contributed by atoms with E-state index in [1.807, 2.05) is 76.7 Å². The average molecular weight is 537 g/mol. The number of hydrogen-bond donors (Lipinski definition) is 2. The van der Waals surface area contributed by atoms with E-state index in [1.54, 1.807) is 0 Å². The summed E-state index contributed by atoms with van der Waals surface area (Å²) in [6.45, 7) is 2.86. The van der Waals surface area contributed by atoms with Crippen molar-refractivity contribution < 1.29 is 9.47 Å². The molecule has 2 aromatic heterocycles.